The second-order valence-corrected chi connectivity index (χ2v) is 8.83. The molecule has 0 radical (unpaired) electrons. The van der Waals surface area contributed by atoms with Crippen molar-refractivity contribution in [3.05, 3.63) is 72.9 Å². The van der Waals surface area contributed by atoms with Gasteiger partial charge in [-0.3, -0.25) is 14.1 Å². The van der Waals surface area contributed by atoms with Crippen molar-refractivity contribution in [1.82, 2.24) is 29.0 Å². The van der Waals surface area contributed by atoms with Crippen molar-refractivity contribution >= 4 is 22.6 Å². The summed E-state index contributed by atoms with van der Waals surface area (Å²) in [6.07, 6.45) is 10.5. The Bertz CT molecular complexity index is 1520. The zero-order valence-electron chi connectivity index (χ0n) is 18.8. The summed E-state index contributed by atoms with van der Waals surface area (Å²) in [5.41, 5.74) is 7.24. The van der Waals surface area contributed by atoms with Crippen molar-refractivity contribution in [2.45, 2.75) is 25.8 Å². The SMILES string of the molecule is Cc1cn2c(-c3ccnc4ccccc34)cnc2cc1-c1cnn(C2CCN(C(=O)O)CC2)c1. The molecule has 170 valence electrons. The molecule has 1 aliphatic heterocycles. The number of aryl methyl sites for hydroxylation is 1. The second kappa shape index (κ2) is 7.98. The predicted molar refractivity (Wildman–Crippen MR) is 130 cm³/mol. The maximum Gasteiger partial charge on any atom is 0.407 e. The molecule has 1 fully saturated rings. The number of hydrogen-bond donors (Lipinski definition) is 1. The minimum Gasteiger partial charge on any atom is -0.465 e. The third kappa shape index (κ3) is 3.39. The summed E-state index contributed by atoms with van der Waals surface area (Å²) in [7, 11) is 0. The van der Waals surface area contributed by atoms with Gasteiger partial charge in [0.15, 0.2) is 0 Å². The Kier molecular flexibility index (Phi) is 4.79. The van der Waals surface area contributed by atoms with Gasteiger partial charge in [0.1, 0.15) is 5.65 Å². The van der Waals surface area contributed by atoms with E-state index in [1.54, 1.807) is 0 Å². The Balaban J connectivity index is 1.34. The van der Waals surface area contributed by atoms with Crippen molar-refractivity contribution in [3.8, 4) is 22.4 Å². The first-order valence-electron chi connectivity index (χ1n) is 11.4. The lowest BCUT2D eigenvalue weighted by molar-refractivity contribution is 0.124. The van der Waals surface area contributed by atoms with Crippen LogP contribution in [-0.2, 0) is 0 Å². The van der Waals surface area contributed by atoms with Gasteiger partial charge >= 0.3 is 6.09 Å². The average Bonchev–Trinajstić information content (AvgIpc) is 3.50. The van der Waals surface area contributed by atoms with E-state index in [9.17, 15) is 9.90 Å². The smallest absolute Gasteiger partial charge is 0.407 e. The predicted octanol–water partition coefficient (Wildman–Crippen LogP) is 5.04. The first kappa shape index (κ1) is 20.4. The van der Waals surface area contributed by atoms with Crippen LogP contribution in [0.4, 0.5) is 4.79 Å². The van der Waals surface area contributed by atoms with Crippen LogP contribution in [0, 0.1) is 6.92 Å². The van der Waals surface area contributed by atoms with E-state index < -0.39 is 6.09 Å². The Labute approximate surface area is 196 Å². The fraction of sp³-hybridized carbons (Fsp3) is 0.231. The monoisotopic (exact) mass is 452 g/mol. The molecule has 1 saturated heterocycles. The fourth-order valence-electron chi connectivity index (χ4n) is 4.95. The highest BCUT2D eigenvalue weighted by Gasteiger charge is 2.24. The molecule has 0 unspecified atom stereocenters. The Morgan fingerprint density at radius 2 is 1.85 bits per heavy atom. The normalized spacial score (nSPS) is 14.8. The fourth-order valence-corrected chi connectivity index (χ4v) is 4.95. The molecule has 5 heterocycles. The number of fused-ring (bicyclic) bond motifs is 2. The maximum absolute atomic E-state index is 11.2. The van der Waals surface area contributed by atoms with Gasteiger partial charge in [0.2, 0.25) is 0 Å². The van der Waals surface area contributed by atoms with Crippen molar-refractivity contribution in [3.63, 3.8) is 0 Å². The van der Waals surface area contributed by atoms with Gasteiger partial charge < -0.3 is 10.0 Å². The molecule has 0 bridgehead atoms. The van der Waals surface area contributed by atoms with Crippen molar-refractivity contribution in [2.24, 2.45) is 0 Å². The highest BCUT2D eigenvalue weighted by Crippen LogP contribution is 2.32. The van der Waals surface area contributed by atoms with Crippen LogP contribution in [0.2, 0.25) is 0 Å². The number of para-hydroxylation sites is 1. The van der Waals surface area contributed by atoms with Crippen LogP contribution in [-0.4, -0.2) is 53.3 Å². The lowest BCUT2D eigenvalue weighted by atomic mass is 10.0. The van der Waals surface area contributed by atoms with E-state index in [0.29, 0.717) is 13.1 Å². The van der Waals surface area contributed by atoms with Crippen LogP contribution in [0.25, 0.3) is 38.9 Å². The largest absolute Gasteiger partial charge is 0.465 e. The van der Waals surface area contributed by atoms with E-state index in [-0.39, 0.29) is 6.04 Å². The average molecular weight is 453 g/mol. The zero-order chi connectivity index (χ0) is 23.2. The van der Waals surface area contributed by atoms with Crippen LogP contribution in [0.3, 0.4) is 0 Å². The molecule has 8 nitrogen and oxygen atoms in total. The highest BCUT2D eigenvalue weighted by molar-refractivity contribution is 5.93. The third-order valence-corrected chi connectivity index (χ3v) is 6.79. The van der Waals surface area contributed by atoms with Gasteiger partial charge in [-0.15, -0.1) is 0 Å². The Morgan fingerprint density at radius 1 is 1.03 bits per heavy atom. The number of amides is 1. The van der Waals surface area contributed by atoms with Gasteiger partial charge in [0, 0.05) is 48.2 Å². The molecule has 6 rings (SSSR count). The molecule has 0 atom stereocenters. The summed E-state index contributed by atoms with van der Waals surface area (Å²) >= 11 is 0. The Hall–Kier alpha value is -4.20. The molecular formula is C26H24N6O2. The Morgan fingerprint density at radius 3 is 2.68 bits per heavy atom. The number of hydrogen-bond acceptors (Lipinski definition) is 4. The molecule has 1 aromatic carbocycles. The molecule has 8 heteroatoms. The van der Waals surface area contributed by atoms with Gasteiger partial charge in [-0.05, 0) is 49.1 Å². The van der Waals surface area contributed by atoms with Crippen LogP contribution in [0.1, 0.15) is 24.4 Å². The van der Waals surface area contributed by atoms with E-state index in [0.717, 1.165) is 57.3 Å². The van der Waals surface area contributed by atoms with Crippen LogP contribution >= 0.6 is 0 Å². The number of carboxylic acid groups (broad SMARTS) is 1. The van der Waals surface area contributed by atoms with Gasteiger partial charge in [-0.2, -0.15) is 5.10 Å². The van der Waals surface area contributed by atoms with Gasteiger partial charge in [0.05, 0.1) is 29.6 Å². The van der Waals surface area contributed by atoms with Gasteiger partial charge in [0.25, 0.3) is 0 Å². The molecule has 34 heavy (non-hydrogen) atoms. The lowest BCUT2D eigenvalue weighted by Crippen LogP contribution is -2.38. The number of rotatable bonds is 3. The summed E-state index contributed by atoms with van der Waals surface area (Å²) in [5, 5.41) is 14.9. The quantitative estimate of drug-likeness (QED) is 0.414. The molecule has 1 N–H and O–H groups in total. The van der Waals surface area contributed by atoms with E-state index in [1.807, 2.05) is 47.5 Å². The van der Waals surface area contributed by atoms with Gasteiger partial charge in [-0.25, -0.2) is 9.78 Å². The van der Waals surface area contributed by atoms with Crippen molar-refractivity contribution in [2.75, 3.05) is 13.1 Å². The number of likely N-dealkylation sites (tertiary alicyclic amines) is 1. The second-order valence-electron chi connectivity index (χ2n) is 8.83. The molecule has 1 amide bonds. The molecule has 5 aromatic rings. The first-order valence-corrected chi connectivity index (χ1v) is 11.4. The van der Waals surface area contributed by atoms with E-state index in [4.69, 9.17) is 4.98 Å². The standard InChI is InChI=1S/C26H24N6O2/c1-17-15-31-24(21-6-9-27-23-5-3-2-4-20(21)23)14-28-25(31)12-22(17)18-13-29-32(16-18)19-7-10-30(11-8-19)26(33)34/h2-6,9,12-16,19H,7-8,10-11H2,1H3,(H,33,34). The molecule has 4 aromatic heterocycles. The van der Waals surface area contributed by atoms with Gasteiger partial charge in [-0.1, -0.05) is 18.2 Å². The number of aromatic nitrogens is 5. The summed E-state index contributed by atoms with van der Waals surface area (Å²) in [5.74, 6) is 0. The van der Waals surface area contributed by atoms with Crippen LogP contribution < -0.4 is 0 Å². The number of piperidine rings is 1. The van der Waals surface area contributed by atoms with E-state index in [1.165, 1.54) is 4.90 Å². The summed E-state index contributed by atoms with van der Waals surface area (Å²) in [4.78, 5) is 21.8. The lowest BCUT2D eigenvalue weighted by Gasteiger charge is -2.30. The van der Waals surface area contributed by atoms with Crippen molar-refractivity contribution < 1.29 is 9.90 Å². The molecule has 0 aliphatic carbocycles. The summed E-state index contributed by atoms with van der Waals surface area (Å²) < 4.78 is 4.12. The van der Waals surface area contributed by atoms with Crippen LogP contribution in [0.5, 0.6) is 0 Å². The molecule has 0 saturated carbocycles. The zero-order valence-corrected chi connectivity index (χ0v) is 18.8. The van der Waals surface area contributed by atoms with Crippen LogP contribution in [0.15, 0.2) is 67.4 Å². The number of imidazole rings is 1. The number of carbonyl (C=O) groups is 1. The topological polar surface area (TPSA) is 88.5 Å². The molecule has 0 spiro atoms. The van der Waals surface area contributed by atoms with Crippen molar-refractivity contribution in [1.29, 1.82) is 0 Å². The minimum atomic E-state index is -0.845. The number of benzene rings is 1. The first-order chi connectivity index (χ1) is 16.6. The molecular weight excluding hydrogens is 428 g/mol. The summed E-state index contributed by atoms with van der Waals surface area (Å²) in [6, 6.07) is 12.5. The molecule has 1 aliphatic rings. The number of pyridine rings is 2. The van der Waals surface area contributed by atoms with E-state index >= 15 is 0 Å². The minimum absolute atomic E-state index is 0.214. The van der Waals surface area contributed by atoms with E-state index in [2.05, 4.69) is 45.9 Å². The summed E-state index contributed by atoms with van der Waals surface area (Å²) in [6.45, 7) is 3.19. The third-order valence-electron chi connectivity index (χ3n) is 6.79. The maximum atomic E-state index is 11.2. The highest BCUT2D eigenvalue weighted by atomic mass is 16.4. The number of nitrogens with zero attached hydrogens (tertiary/aromatic N) is 6.